The van der Waals surface area contributed by atoms with Crippen molar-refractivity contribution in [3.05, 3.63) is 78.6 Å². The number of nitriles is 1. The van der Waals surface area contributed by atoms with E-state index in [2.05, 4.69) is 40.7 Å². The molecule has 1 N–H and O–H groups in total. The smallest absolute Gasteiger partial charge is 0.245 e. The number of H-pyrrole nitrogens is 1. The quantitative estimate of drug-likeness (QED) is 0.433. The van der Waals surface area contributed by atoms with Gasteiger partial charge in [-0.15, -0.1) is 0 Å². The molecule has 0 aliphatic carbocycles. The lowest BCUT2D eigenvalue weighted by atomic mass is 9.79. The Labute approximate surface area is 209 Å². The number of likely N-dealkylation sites (tertiary alicyclic amines) is 1. The summed E-state index contributed by atoms with van der Waals surface area (Å²) in [6.07, 6.45) is 6.03. The van der Waals surface area contributed by atoms with Crippen LogP contribution < -0.4 is 4.90 Å². The molecule has 6 rings (SSSR count). The molecule has 0 saturated carbocycles. The van der Waals surface area contributed by atoms with Gasteiger partial charge in [-0.1, -0.05) is 43.0 Å². The van der Waals surface area contributed by atoms with Gasteiger partial charge in [-0.3, -0.25) is 14.9 Å². The summed E-state index contributed by atoms with van der Waals surface area (Å²) in [6.45, 7) is 8.75. The first-order valence-electron chi connectivity index (χ1n) is 12.1. The lowest BCUT2D eigenvalue weighted by molar-refractivity contribution is -0.136. The van der Waals surface area contributed by atoms with Crippen molar-refractivity contribution in [1.82, 2.24) is 20.1 Å². The van der Waals surface area contributed by atoms with Crippen molar-refractivity contribution in [2.45, 2.75) is 13.3 Å². The van der Waals surface area contributed by atoms with E-state index in [0.717, 1.165) is 77.1 Å². The fourth-order valence-electron chi connectivity index (χ4n) is 5.82. The molecule has 178 valence electrons. The standard InChI is InChI=1S/C29H26N6O/c1-3-25(36)35-17-29(18-35)11-12-34(16-29)24-15-31-28(20-7-5-4-6-8-20)27(21(24)13-30)26-19(2)9-10-23-22(26)14-32-33-23/h3-10,14-15H,1,11-12,16-18H2,2H3,(H,32,33). The number of hydrogen-bond donors (Lipinski definition) is 1. The maximum atomic E-state index is 12.0. The molecular weight excluding hydrogens is 448 g/mol. The topological polar surface area (TPSA) is 88.9 Å². The Morgan fingerprint density at radius 1 is 1.14 bits per heavy atom. The molecule has 4 aromatic rings. The van der Waals surface area contributed by atoms with Crippen molar-refractivity contribution in [2.75, 3.05) is 31.1 Å². The van der Waals surface area contributed by atoms with Gasteiger partial charge in [-0.25, -0.2) is 0 Å². The lowest BCUT2D eigenvalue weighted by Crippen LogP contribution is -2.59. The van der Waals surface area contributed by atoms with Crippen LogP contribution in [0.3, 0.4) is 0 Å². The Hall–Kier alpha value is -4.44. The van der Waals surface area contributed by atoms with E-state index in [1.807, 2.05) is 53.7 Å². The summed E-state index contributed by atoms with van der Waals surface area (Å²) in [5, 5.41) is 18.9. The van der Waals surface area contributed by atoms with E-state index >= 15 is 0 Å². The minimum atomic E-state index is -0.0170. The molecule has 2 aliphatic rings. The monoisotopic (exact) mass is 474 g/mol. The minimum Gasteiger partial charge on any atom is -0.368 e. The fraction of sp³-hybridized carbons (Fsp3) is 0.241. The number of carbonyl (C=O) groups excluding carboxylic acids is 1. The Kier molecular flexibility index (Phi) is 5.11. The highest BCUT2D eigenvalue weighted by molar-refractivity contribution is 6.02. The van der Waals surface area contributed by atoms with Gasteiger partial charge in [0.2, 0.25) is 5.91 Å². The number of carbonyl (C=O) groups is 1. The van der Waals surface area contributed by atoms with E-state index in [-0.39, 0.29) is 11.3 Å². The fourth-order valence-corrected chi connectivity index (χ4v) is 5.82. The number of anilines is 1. The maximum Gasteiger partial charge on any atom is 0.245 e. The van der Waals surface area contributed by atoms with Crippen molar-refractivity contribution in [3.63, 3.8) is 0 Å². The van der Waals surface area contributed by atoms with Gasteiger partial charge in [0.25, 0.3) is 0 Å². The Balaban J connectivity index is 1.50. The number of fused-ring (bicyclic) bond motifs is 1. The van der Waals surface area contributed by atoms with Crippen LogP contribution in [-0.4, -0.2) is 52.2 Å². The normalized spacial score (nSPS) is 16.2. The molecule has 2 aromatic heterocycles. The Morgan fingerprint density at radius 3 is 2.69 bits per heavy atom. The third-order valence-electron chi connectivity index (χ3n) is 7.62. The summed E-state index contributed by atoms with van der Waals surface area (Å²) in [4.78, 5) is 21.1. The van der Waals surface area contributed by atoms with Crippen LogP contribution in [0.4, 0.5) is 5.69 Å². The molecule has 2 aliphatic heterocycles. The van der Waals surface area contributed by atoms with Crippen molar-refractivity contribution >= 4 is 22.5 Å². The van der Waals surface area contributed by atoms with E-state index < -0.39 is 0 Å². The SMILES string of the molecule is C=CC(=O)N1CC2(CCN(c3cnc(-c4ccccc4)c(-c4c(C)ccc5[nH]ncc45)c3C#N)C2)C1. The average molecular weight is 475 g/mol. The van der Waals surface area contributed by atoms with Crippen LogP contribution in [0, 0.1) is 23.7 Å². The number of aromatic nitrogens is 3. The minimum absolute atomic E-state index is 0.0170. The van der Waals surface area contributed by atoms with E-state index in [0.29, 0.717) is 5.56 Å². The van der Waals surface area contributed by atoms with Gasteiger partial charge in [0.15, 0.2) is 0 Å². The lowest BCUT2D eigenvalue weighted by Gasteiger charge is -2.47. The van der Waals surface area contributed by atoms with Crippen LogP contribution in [-0.2, 0) is 4.79 Å². The van der Waals surface area contributed by atoms with Gasteiger partial charge in [0.1, 0.15) is 6.07 Å². The predicted octanol–water partition coefficient (Wildman–Crippen LogP) is 4.70. The first-order valence-corrected chi connectivity index (χ1v) is 12.1. The second kappa shape index (κ2) is 8.35. The van der Waals surface area contributed by atoms with Crippen LogP contribution >= 0.6 is 0 Å². The van der Waals surface area contributed by atoms with Gasteiger partial charge in [0.05, 0.1) is 34.9 Å². The third-order valence-corrected chi connectivity index (χ3v) is 7.62. The number of benzene rings is 2. The number of pyridine rings is 1. The van der Waals surface area contributed by atoms with Crippen LogP contribution in [0.1, 0.15) is 17.5 Å². The van der Waals surface area contributed by atoms with Crippen molar-refractivity contribution < 1.29 is 4.79 Å². The Bertz CT molecular complexity index is 1540. The van der Waals surface area contributed by atoms with Gasteiger partial charge >= 0.3 is 0 Å². The highest BCUT2D eigenvalue weighted by Gasteiger charge is 2.49. The van der Waals surface area contributed by atoms with E-state index in [9.17, 15) is 10.1 Å². The maximum absolute atomic E-state index is 12.0. The molecule has 2 saturated heterocycles. The molecule has 0 bridgehead atoms. The number of aromatic amines is 1. The average Bonchev–Trinajstić information content (AvgIpc) is 3.55. The van der Waals surface area contributed by atoms with Crippen LogP contribution in [0.25, 0.3) is 33.3 Å². The van der Waals surface area contributed by atoms with Gasteiger partial charge in [0, 0.05) is 48.1 Å². The summed E-state index contributed by atoms with van der Waals surface area (Å²) in [7, 11) is 0. The zero-order valence-electron chi connectivity index (χ0n) is 20.2. The molecule has 1 spiro atoms. The molecule has 36 heavy (non-hydrogen) atoms. The molecule has 0 atom stereocenters. The number of amides is 1. The summed E-state index contributed by atoms with van der Waals surface area (Å²) in [5.41, 5.74) is 7.07. The molecule has 2 aromatic carbocycles. The van der Waals surface area contributed by atoms with Gasteiger partial charge in [-0.05, 0) is 36.6 Å². The molecule has 0 radical (unpaired) electrons. The molecule has 2 fully saturated rings. The molecule has 7 nitrogen and oxygen atoms in total. The Morgan fingerprint density at radius 2 is 1.94 bits per heavy atom. The van der Waals surface area contributed by atoms with Crippen LogP contribution in [0.15, 0.2) is 67.5 Å². The first-order chi connectivity index (χ1) is 17.5. The van der Waals surface area contributed by atoms with Gasteiger partial charge in [-0.2, -0.15) is 10.4 Å². The molecular formula is C29H26N6O. The second-order valence-corrected chi connectivity index (χ2v) is 9.88. The number of nitrogens with one attached hydrogen (secondary N) is 1. The van der Waals surface area contributed by atoms with E-state index in [1.165, 1.54) is 6.08 Å². The number of aryl methyl sites for hydroxylation is 1. The van der Waals surface area contributed by atoms with Crippen LogP contribution in [0.5, 0.6) is 0 Å². The summed E-state index contributed by atoms with van der Waals surface area (Å²) in [5.74, 6) is -0.0170. The van der Waals surface area contributed by atoms with Crippen molar-refractivity contribution in [2.24, 2.45) is 5.41 Å². The highest BCUT2D eigenvalue weighted by Crippen LogP contribution is 2.46. The van der Waals surface area contributed by atoms with Crippen molar-refractivity contribution in [1.29, 1.82) is 5.26 Å². The number of hydrogen-bond acceptors (Lipinski definition) is 5. The number of rotatable bonds is 4. The molecule has 0 unspecified atom stereocenters. The molecule has 1 amide bonds. The zero-order valence-corrected chi connectivity index (χ0v) is 20.2. The van der Waals surface area contributed by atoms with Crippen LogP contribution in [0.2, 0.25) is 0 Å². The third kappa shape index (κ3) is 3.37. The van der Waals surface area contributed by atoms with Crippen molar-refractivity contribution in [3.8, 4) is 28.5 Å². The summed E-state index contributed by atoms with van der Waals surface area (Å²) < 4.78 is 0. The summed E-state index contributed by atoms with van der Waals surface area (Å²) in [6, 6.07) is 16.6. The second-order valence-electron chi connectivity index (χ2n) is 9.88. The predicted molar refractivity (Wildman–Crippen MR) is 140 cm³/mol. The highest BCUT2D eigenvalue weighted by atomic mass is 16.2. The first kappa shape index (κ1) is 22.1. The summed E-state index contributed by atoms with van der Waals surface area (Å²) >= 11 is 0. The largest absolute Gasteiger partial charge is 0.368 e. The molecule has 4 heterocycles. The number of nitrogens with zero attached hydrogens (tertiary/aromatic N) is 5. The molecule has 7 heteroatoms. The van der Waals surface area contributed by atoms with E-state index in [1.54, 1.807) is 0 Å². The van der Waals surface area contributed by atoms with E-state index in [4.69, 9.17) is 4.98 Å². The zero-order chi connectivity index (χ0) is 24.9. The van der Waals surface area contributed by atoms with Gasteiger partial charge < -0.3 is 9.80 Å².